The molecule has 1 unspecified atom stereocenters. The van der Waals surface area contributed by atoms with Crippen molar-refractivity contribution in [3.8, 4) is 16.9 Å². The molecule has 3 aromatic rings. The third-order valence-electron chi connectivity index (χ3n) is 4.19. The second kappa shape index (κ2) is 8.26. The van der Waals surface area contributed by atoms with Crippen LogP contribution >= 0.6 is 0 Å². The predicted octanol–water partition coefficient (Wildman–Crippen LogP) is 5.69. The van der Waals surface area contributed by atoms with Gasteiger partial charge in [-0.05, 0) is 60.8 Å². The summed E-state index contributed by atoms with van der Waals surface area (Å²) < 4.78 is 19.9. The van der Waals surface area contributed by atoms with Crippen LogP contribution in [0.1, 0.15) is 18.4 Å². The van der Waals surface area contributed by atoms with E-state index in [1.54, 1.807) is 43.3 Å². The maximum absolute atomic E-state index is 14.5. The van der Waals surface area contributed by atoms with Crippen molar-refractivity contribution in [1.82, 2.24) is 0 Å². The monoisotopic (exact) mass is 359 g/mol. The molecule has 134 valence electrons. The highest BCUT2D eigenvalue weighted by Gasteiger charge is 2.19. The molecule has 0 amide bonds. The van der Waals surface area contributed by atoms with E-state index in [2.05, 4.69) is 17.4 Å². The van der Waals surface area contributed by atoms with Crippen LogP contribution in [-0.4, -0.2) is 11.8 Å². The minimum Gasteiger partial charge on any atom is -0.426 e. The lowest BCUT2D eigenvalue weighted by molar-refractivity contribution is -0.135. The van der Waals surface area contributed by atoms with E-state index >= 15 is 0 Å². The van der Waals surface area contributed by atoms with Gasteiger partial charge in [0.25, 0.3) is 0 Å². The highest BCUT2D eigenvalue weighted by Crippen LogP contribution is 2.27. The fraction of sp³-hybridized carbons (Fsp3) is 0.0870. The van der Waals surface area contributed by atoms with E-state index in [9.17, 15) is 9.18 Å². The number of aliphatic imine (C=N–C) groups is 1. The number of ether oxygens (including phenoxy) is 1. The summed E-state index contributed by atoms with van der Waals surface area (Å²) in [6.45, 7) is 5.10. The van der Waals surface area contributed by atoms with Crippen molar-refractivity contribution in [2.24, 2.45) is 4.99 Å². The van der Waals surface area contributed by atoms with Crippen LogP contribution in [0.3, 0.4) is 0 Å². The normalized spacial score (nSPS) is 11.3. The molecule has 0 saturated carbocycles. The van der Waals surface area contributed by atoms with E-state index in [4.69, 9.17) is 4.74 Å². The van der Waals surface area contributed by atoms with Crippen LogP contribution in [0.15, 0.2) is 84.4 Å². The minimum atomic E-state index is -0.602. The van der Waals surface area contributed by atoms with Gasteiger partial charge in [0.2, 0.25) is 0 Å². The summed E-state index contributed by atoms with van der Waals surface area (Å²) in [7, 11) is 0. The fourth-order valence-electron chi connectivity index (χ4n) is 2.67. The summed E-state index contributed by atoms with van der Waals surface area (Å²) in [5, 5.41) is 0. The lowest BCUT2D eigenvalue weighted by atomic mass is 9.97. The Kier molecular flexibility index (Phi) is 5.60. The van der Waals surface area contributed by atoms with Crippen molar-refractivity contribution in [2.45, 2.75) is 12.8 Å². The van der Waals surface area contributed by atoms with Crippen LogP contribution in [0.5, 0.6) is 5.75 Å². The van der Waals surface area contributed by atoms with Crippen LogP contribution in [0.2, 0.25) is 0 Å². The summed E-state index contributed by atoms with van der Waals surface area (Å²) in [4.78, 5) is 16.3. The molecule has 1 atom stereocenters. The molecule has 3 rings (SSSR count). The van der Waals surface area contributed by atoms with Gasteiger partial charge in [-0.25, -0.2) is 9.38 Å². The number of benzene rings is 3. The van der Waals surface area contributed by atoms with Gasteiger partial charge in [-0.15, -0.1) is 0 Å². The number of rotatable bonds is 5. The van der Waals surface area contributed by atoms with Gasteiger partial charge in [-0.1, -0.05) is 42.5 Å². The number of hydrogen-bond donors (Lipinski definition) is 0. The van der Waals surface area contributed by atoms with Gasteiger partial charge in [0.05, 0.1) is 11.6 Å². The van der Waals surface area contributed by atoms with E-state index in [1.807, 2.05) is 30.3 Å². The van der Waals surface area contributed by atoms with Crippen molar-refractivity contribution >= 4 is 17.5 Å². The smallest absolute Gasteiger partial charge is 0.318 e. The van der Waals surface area contributed by atoms with Crippen molar-refractivity contribution in [3.05, 3.63) is 90.8 Å². The first-order valence-electron chi connectivity index (χ1n) is 8.48. The van der Waals surface area contributed by atoms with Crippen molar-refractivity contribution in [3.63, 3.8) is 0 Å². The molecule has 0 bridgehead atoms. The highest BCUT2D eigenvalue weighted by molar-refractivity contribution is 5.80. The molecule has 0 radical (unpaired) electrons. The molecule has 3 nitrogen and oxygen atoms in total. The third-order valence-corrected chi connectivity index (χ3v) is 4.19. The van der Waals surface area contributed by atoms with Gasteiger partial charge in [0, 0.05) is 5.56 Å². The second-order valence-electron chi connectivity index (χ2n) is 6.01. The highest BCUT2D eigenvalue weighted by atomic mass is 19.1. The minimum absolute atomic E-state index is 0.370. The summed E-state index contributed by atoms with van der Waals surface area (Å²) in [6, 6.07) is 20.8. The molecule has 3 aromatic carbocycles. The summed E-state index contributed by atoms with van der Waals surface area (Å²) in [5.74, 6) is 1.41. The number of hydrogen-bond acceptors (Lipinski definition) is 3. The first kappa shape index (κ1) is 18.3. The predicted molar refractivity (Wildman–Crippen MR) is 105 cm³/mol. The number of esters is 1. The molecule has 0 aromatic heterocycles. The van der Waals surface area contributed by atoms with E-state index in [-0.39, 0.29) is 5.82 Å². The zero-order chi connectivity index (χ0) is 19.2. The van der Waals surface area contributed by atoms with Gasteiger partial charge in [0.1, 0.15) is 11.6 Å². The molecule has 0 N–H and O–H groups in total. The summed E-state index contributed by atoms with van der Waals surface area (Å²) in [5.41, 5.74) is 2.51. The Labute approximate surface area is 157 Å². The lowest BCUT2D eigenvalue weighted by Gasteiger charge is -2.13. The molecule has 4 heteroatoms. The molecule has 0 aliphatic heterocycles. The average Bonchev–Trinajstić information content (AvgIpc) is 2.69. The molecule has 0 saturated heterocycles. The Morgan fingerprint density at radius 3 is 2.41 bits per heavy atom. The molecule has 0 aliphatic rings. The van der Waals surface area contributed by atoms with E-state index in [0.29, 0.717) is 22.6 Å². The molecular weight excluding hydrogens is 341 g/mol. The number of carbonyl (C=O) groups excluding carboxylic acids is 1. The second-order valence-corrected chi connectivity index (χ2v) is 6.01. The molecule has 0 aliphatic carbocycles. The Hall–Kier alpha value is -3.49. The molecule has 0 heterocycles. The standard InChI is InChI=1S/C23H18FNO2/c1-3-25-19-10-12-20(13-11-19)27-23(26)16(2)18-9-14-21(22(24)15-18)17-7-5-4-6-8-17/h4-16H,1H2,2H3. The first-order valence-corrected chi connectivity index (χ1v) is 8.48. The summed E-state index contributed by atoms with van der Waals surface area (Å²) >= 11 is 0. The van der Waals surface area contributed by atoms with Gasteiger partial charge < -0.3 is 4.74 Å². The van der Waals surface area contributed by atoms with Crippen LogP contribution in [0, 0.1) is 5.82 Å². The number of halogens is 1. The van der Waals surface area contributed by atoms with Crippen molar-refractivity contribution < 1.29 is 13.9 Å². The maximum atomic E-state index is 14.5. The van der Waals surface area contributed by atoms with Gasteiger partial charge in [-0.3, -0.25) is 4.79 Å². The Balaban J connectivity index is 1.75. The van der Waals surface area contributed by atoms with Gasteiger partial charge >= 0.3 is 5.97 Å². The quantitative estimate of drug-likeness (QED) is 0.333. The van der Waals surface area contributed by atoms with Crippen molar-refractivity contribution in [1.29, 1.82) is 0 Å². The van der Waals surface area contributed by atoms with Gasteiger partial charge in [-0.2, -0.15) is 0 Å². The van der Waals surface area contributed by atoms with Crippen LogP contribution in [0.4, 0.5) is 10.1 Å². The largest absolute Gasteiger partial charge is 0.426 e. The number of nitrogens with zero attached hydrogens (tertiary/aromatic N) is 1. The van der Waals surface area contributed by atoms with Gasteiger partial charge in [0.15, 0.2) is 0 Å². The SMILES string of the molecule is C=C=Nc1ccc(OC(=O)C(C)c2ccc(-c3ccccc3)c(F)c2)cc1. The van der Waals surface area contributed by atoms with E-state index in [1.165, 1.54) is 6.07 Å². The average molecular weight is 359 g/mol. The molecule has 27 heavy (non-hydrogen) atoms. The topological polar surface area (TPSA) is 38.7 Å². The first-order chi connectivity index (χ1) is 13.1. The maximum Gasteiger partial charge on any atom is 0.318 e. The third kappa shape index (κ3) is 4.38. The number of carbonyl (C=O) groups is 1. The molecular formula is C23H18FNO2. The van der Waals surface area contributed by atoms with Crippen molar-refractivity contribution in [2.75, 3.05) is 0 Å². The Morgan fingerprint density at radius 1 is 1.07 bits per heavy atom. The molecule has 0 fully saturated rings. The zero-order valence-electron chi connectivity index (χ0n) is 14.9. The summed E-state index contributed by atoms with van der Waals surface area (Å²) in [6.07, 6.45) is 0. The molecule has 0 spiro atoms. The Bertz CT molecular complexity index is 991. The van der Waals surface area contributed by atoms with Crippen LogP contribution in [0.25, 0.3) is 11.1 Å². The van der Waals surface area contributed by atoms with E-state index in [0.717, 1.165) is 5.56 Å². The Morgan fingerprint density at radius 2 is 1.78 bits per heavy atom. The fourth-order valence-corrected chi connectivity index (χ4v) is 2.67. The van der Waals surface area contributed by atoms with Crippen LogP contribution < -0.4 is 4.74 Å². The lowest BCUT2D eigenvalue weighted by Crippen LogP contribution is -2.16. The zero-order valence-corrected chi connectivity index (χ0v) is 14.9. The van der Waals surface area contributed by atoms with Crippen LogP contribution in [-0.2, 0) is 4.79 Å². The van der Waals surface area contributed by atoms with E-state index < -0.39 is 11.9 Å².